The Morgan fingerprint density at radius 2 is 1.76 bits per heavy atom. The molecule has 1 N–H and O–H groups in total. The third-order valence-corrected chi connectivity index (χ3v) is 2.85. The SMILES string of the molecule is Cc1ccc(NCc2cccc(OCC(F)(F)F)c2)cc1. The standard InChI is InChI=1S/C16H16F3NO/c1-12-5-7-14(8-6-12)20-10-13-3-2-4-15(9-13)21-11-16(17,18)19/h2-9,20H,10-11H2,1H3. The summed E-state index contributed by atoms with van der Waals surface area (Å²) < 4.78 is 41.0. The number of halogens is 3. The molecule has 2 rings (SSSR count). The lowest BCUT2D eigenvalue weighted by atomic mass is 10.2. The quantitative estimate of drug-likeness (QED) is 0.874. The molecule has 0 spiro atoms. The van der Waals surface area contributed by atoms with Gasteiger partial charge in [0.25, 0.3) is 0 Å². The maximum Gasteiger partial charge on any atom is 0.422 e. The normalized spacial score (nSPS) is 11.2. The molecule has 0 radical (unpaired) electrons. The molecule has 2 nitrogen and oxygen atoms in total. The van der Waals surface area contributed by atoms with Gasteiger partial charge in [0.1, 0.15) is 5.75 Å². The maximum absolute atomic E-state index is 12.1. The van der Waals surface area contributed by atoms with Crippen LogP contribution in [0.4, 0.5) is 18.9 Å². The Morgan fingerprint density at radius 1 is 1.05 bits per heavy atom. The van der Waals surface area contributed by atoms with Crippen LogP contribution in [0.25, 0.3) is 0 Å². The van der Waals surface area contributed by atoms with Crippen LogP contribution in [0.1, 0.15) is 11.1 Å². The Hall–Kier alpha value is -2.17. The first kappa shape index (κ1) is 15.2. The van der Waals surface area contributed by atoms with Gasteiger partial charge in [-0.05, 0) is 36.8 Å². The molecule has 112 valence electrons. The van der Waals surface area contributed by atoms with Crippen LogP contribution in [-0.4, -0.2) is 12.8 Å². The molecule has 0 amide bonds. The summed E-state index contributed by atoms with van der Waals surface area (Å²) in [5.41, 5.74) is 2.99. The number of hydrogen-bond acceptors (Lipinski definition) is 2. The monoisotopic (exact) mass is 295 g/mol. The Morgan fingerprint density at radius 3 is 2.43 bits per heavy atom. The third kappa shape index (κ3) is 5.38. The van der Waals surface area contributed by atoms with Crippen molar-refractivity contribution in [3.63, 3.8) is 0 Å². The lowest BCUT2D eigenvalue weighted by Gasteiger charge is -2.11. The fraction of sp³-hybridized carbons (Fsp3) is 0.250. The van der Waals surface area contributed by atoms with Crippen molar-refractivity contribution in [1.29, 1.82) is 0 Å². The van der Waals surface area contributed by atoms with Crippen molar-refractivity contribution in [1.82, 2.24) is 0 Å². The molecule has 2 aromatic carbocycles. The lowest BCUT2D eigenvalue weighted by molar-refractivity contribution is -0.153. The summed E-state index contributed by atoms with van der Waals surface area (Å²) in [6.45, 7) is 1.25. The van der Waals surface area contributed by atoms with Crippen LogP contribution < -0.4 is 10.1 Å². The van der Waals surface area contributed by atoms with Gasteiger partial charge in [0.2, 0.25) is 0 Å². The van der Waals surface area contributed by atoms with Gasteiger partial charge in [-0.3, -0.25) is 0 Å². The second kappa shape index (κ2) is 6.52. The molecule has 21 heavy (non-hydrogen) atoms. The predicted molar refractivity (Wildman–Crippen MR) is 76.5 cm³/mol. The lowest BCUT2D eigenvalue weighted by Crippen LogP contribution is -2.19. The van der Waals surface area contributed by atoms with E-state index in [1.165, 1.54) is 11.6 Å². The van der Waals surface area contributed by atoms with Gasteiger partial charge >= 0.3 is 6.18 Å². The first-order valence-corrected chi connectivity index (χ1v) is 6.51. The fourth-order valence-electron chi connectivity index (χ4n) is 1.79. The van der Waals surface area contributed by atoms with Gasteiger partial charge in [0.05, 0.1) is 0 Å². The molecule has 0 saturated heterocycles. The van der Waals surface area contributed by atoms with Gasteiger partial charge in [-0.2, -0.15) is 13.2 Å². The largest absolute Gasteiger partial charge is 0.484 e. The molecule has 0 fully saturated rings. The van der Waals surface area contributed by atoms with E-state index in [0.717, 1.165) is 11.3 Å². The van der Waals surface area contributed by atoms with Crippen molar-refractivity contribution < 1.29 is 17.9 Å². The molecule has 2 aromatic rings. The van der Waals surface area contributed by atoms with Crippen molar-refractivity contribution in [2.75, 3.05) is 11.9 Å². The number of ether oxygens (including phenoxy) is 1. The highest BCUT2D eigenvalue weighted by Crippen LogP contribution is 2.20. The van der Waals surface area contributed by atoms with E-state index in [2.05, 4.69) is 5.32 Å². The molecule has 5 heteroatoms. The van der Waals surface area contributed by atoms with Crippen LogP contribution >= 0.6 is 0 Å². The summed E-state index contributed by atoms with van der Waals surface area (Å²) >= 11 is 0. The topological polar surface area (TPSA) is 21.3 Å². The van der Waals surface area contributed by atoms with Gasteiger partial charge in [0, 0.05) is 12.2 Å². The van der Waals surface area contributed by atoms with Crippen LogP contribution in [0, 0.1) is 6.92 Å². The van der Waals surface area contributed by atoms with E-state index < -0.39 is 12.8 Å². The van der Waals surface area contributed by atoms with Crippen LogP contribution in [-0.2, 0) is 6.54 Å². The Labute approximate surface area is 121 Å². The number of benzene rings is 2. The van der Waals surface area contributed by atoms with Crippen LogP contribution in [0.15, 0.2) is 48.5 Å². The number of aryl methyl sites for hydroxylation is 1. The molecule has 0 atom stereocenters. The van der Waals surface area contributed by atoms with Crippen LogP contribution in [0.2, 0.25) is 0 Å². The average Bonchev–Trinajstić information content (AvgIpc) is 2.44. The van der Waals surface area contributed by atoms with Gasteiger partial charge in [-0.25, -0.2) is 0 Å². The molecule has 0 heterocycles. The fourth-order valence-corrected chi connectivity index (χ4v) is 1.79. The number of hydrogen-bond donors (Lipinski definition) is 1. The molecule has 0 aromatic heterocycles. The van der Waals surface area contributed by atoms with Crippen molar-refractivity contribution in [2.45, 2.75) is 19.6 Å². The van der Waals surface area contributed by atoms with E-state index in [4.69, 9.17) is 4.74 Å². The average molecular weight is 295 g/mol. The molecule has 0 unspecified atom stereocenters. The summed E-state index contributed by atoms with van der Waals surface area (Å²) in [4.78, 5) is 0. The number of rotatable bonds is 5. The minimum atomic E-state index is -4.32. The van der Waals surface area contributed by atoms with E-state index in [9.17, 15) is 13.2 Å². The molecule has 0 aliphatic carbocycles. The summed E-state index contributed by atoms with van der Waals surface area (Å²) in [5, 5.41) is 3.21. The van der Waals surface area contributed by atoms with Crippen LogP contribution in [0.3, 0.4) is 0 Å². The Bertz CT molecular complexity index is 579. The van der Waals surface area contributed by atoms with Crippen molar-refractivity contribution in [3.8, 4) is 5.75 Å². The van der Waals surface area contributed by atoms with Gasteiger partial charge in [-0.1, -0.05) is 29.8 Å². The first-order valence-electron chi connectivity index (χ1n) is 6.51. The summed E-state index contributed by atoms with van der Waals surface area (Å²) in [6, 6.07) is 14.5. The molecular weight excluding hydrogens is 279 g/mol. The zero-order valence-corrected chi connectivity index (χ0v) is 11.6. The predicted octanol–water partition coefficient (Wildman–Crippen LogP) is 4.55. The highest BCUT2D eigenvalue weighted by atomic mass is 19.4. The Balaban J connectivity index is 1.93. The van der Waals surface area contributed by atoms with E-state index >= 15 is 0 Å². The van der Waals surface area contributed by atoms with Gasteiger partial charge in [-0.15, -0.1) is 0 Å². The molecule has 0 bridgehead atoms. The highest BCUT2D eigenvalue weighted by molar-refractivity contribution is 5.45. The van der Waals surface area contributed by atoms with Crippen molar-refractivity contribution in [3.05, 3.63) is 59.7 Å². The number of nitrogens with one attached hydrogen (secondary N) is 1. The summed E-state index contributed by atoms with van der Waals surface area (Å²) in [7, 11) is 0. The third-order valence-electron chi connectivity index (χ3n) is 2.85. The van der Waals surface area contributed by atoms with Gasteiger partial charge < -0.3 is 10.1 Å². The van der Waals surface area contributed by atoms with Crippen molar-refractivity contribution in [2.24, 2.45) is 0 Å². The highest BCUT2D eigenvalue weighted by Gasteiger charge is 2.28. The van der Waals surface area contributed by atoms with Gasteiger partial charge in [0.15, 0.2) is 6.61 Å². The maximum atomic E-state index is 12.1. The second-order valence-electron chi connectivity index (χ2n) is 4.77. The van der Waals surface area contributed by atoms with Crippen molar-refractivity contribution >= 4 is 5.69 Å². The molecule has 0 saturated carbocycles. The minimum absolute atomic E-state index is 0.218. The first-order chi connectivity index (χ1) is 9.92. The Kier molecular flexibility index (Phi) is 4.73. The number of alkyl halides is 3. The molecular formula is C16H16F3NO. The van der Waals surface area contributed by atoms with E-state index in [1.807, 2.05) is 37.3 Å². The molecule has 0 aliphatic heterocycles. The smallest absolute Gasteiger partial charge is 0.422 e. The summed E-state index contributed by atoms with van der Waals surface area (Å²) in [6.07, 6.45) is -4.32. The van der Waals surface area contributed by atoms with E-state index in [1.54, 1.807) is 12.1 Å². The summed E-state index contributed by atoms with van der Waals surface area (Å²) in [5.74, 6) is 0.218. The van der Waals surface area contributed by atoms with Crippen LogP contribution in [0.5, 0.6) is 5.75 Å². The molecule has 0 aliphatic rings. The zero-order chi connectivity index (χ0) is 15.3. The zero-order valence-electron chi connectivity index (χ0n) is 11.6. The van der Waals surface area contributed by atoms with E-state index in [-0.39, 0.29) is 5.75 Å². The minimum Gasteiger partial charge on any atom is -0.484 e. The number of anilines is 1. The van der Waals surface area contributed by atoms with E-state index in [0.29, 0.717) is 6.54 Å². The second-order valence-corrected chi connectivity index (χ2v) is 4.77.